The molecular weight excluding hydrogens is 637 g/mol. The van der Waals surface area contributed by atoms with Gasteiger partial charge in [-0.15, -0.1) is 0 Å². The summed E-state index contributed by atoms with van der Waals surface area (Å²) in [6, 6.07) is 3.85. The lowest BCUT2D eigenvalue weighted by molar-refractivity contribution is -0.139. The van der Waals surface area contributed by atoms with E-state index in [-0.39, 0.29) is 52.6 Å². The van der Waals surface area contributed by atoms with E-state index >= 15 is 4.39 Å². The van der Waals surface area contributed by atoms with Crippen molar-refractivity contribution in [3.8, 4) is 17.6 Å². The van der Waals surface area contributed by atoms with Gasteiger partial charge in [0.15, 0.2) is 9.84 Å². The van der Waals surface area contributed by atoms with E-state index in [9.17, 15) is 30.8 Å². The van der Waals surface area contributed by atoms with Gasteiger partial charge < -0.3 is 24.7 Å². The summed E-state index contributed by atoms with van der Waals surface area (Å²) in [5, 5.41) is 5.55. The first kappa shape index (κ1) is 34.9. The number of aromatic nitrogens is 2. The van der Waals surface area contributed by atoms with Crippen LogP contribution in [0.5, 0.6) is 5.75 Å². The second kappa shape index (κ2) is 14.2. The minimum atomic E-state index is -4.58. The van der Waals surface area contributed by atoms with Crippen LogP contribution < -0.4 is 15.4 Å². The molecule has 250 valence electrons. The number of rotatable bonds is 10. The number of likely N-dealkylation sites (tertiary alicyclic amines) is 1. The number of methoxy groups -OCH3 is 2. The van der Waals surface area contributed by atoms with Crippen molar-refractivity contribution in [2.75, 3.05) is 58.6 Å². The molecule has 1 fully saturated rings. The van der Waals surface area contributed by atoms with Crippen LogP contribution in [0.15, 0.2) is 35.5 Å². The highest BCUT2D eigenvalue weighted by Crippen LogP contribution is 2.30. The van der Waals surface area contributed by atoms with Gasteiger partial charge in [-0.05, 0) is 24.1 Å². The molecule has 3 atom stereocenters. The summed E-state index contributed by atoms with van der Waals surface area (Å²) in [4.78, 5) is 18.9. The van der Waals surface area contributed by atoms with E-state index in [1.807, 2.05) is 4.90 Å². The van der Waals surface area contributed by atoms with Crippen LogP contribution in [-0.4, -0.2) is 100 Å². The van der Waals surface area contributed by atoms with Crippen molar-refractivity contribution in [1.82, 2.24) is 19.8 Å². The van der Waals surface area contributed by atoms with Gasteiger partial charge >= 0.3 is 6.18 Å². The lowest BCUT2D eigenvalue weighted by Gasteiger charge is -2.39. The maximum absolute atomic E-state index is 15.2. The van der Waals surface area contributed by atoms with Crippen LogP contribution in [0.1, 0.15) is 22.8 Å². The molecule has 46 heavy (non-hydrogen) atoms. The molecule has 0 radical (unpaired) electrons. The van der Waals surface area contributed by atoms with Crippen molar-refractivity contribution in [2.45, 2.75) is 36.8 Å². The fraction of sp³-hybridized carbons (Fsp3) is 0.467. The van der Waals surface area contributed by atoms with Crippen LogP contribution in [0.3, 0.4) is 0 Å². The Morgan fingerprint density at radius 1 is 1.17 bits per heavy atom. The Kier molecular flexibility index (Phi) is 10.8. The first-order chi connectivity index (χ1) is 21.6. The fourth-order valence-electron chi connectivity index (χ4n) is 5.32. The molecule has 0 aliphatic carbocycles. The second-order valence-corrected chi connectivity index (χ2v) is 13.0. The highest BCUT2D eigenvalue weighted by molar-refractivity contribution is 7.90. The molecule has 2 heterocycles. The number of amides is 1. The number of carbonyl (C=O) groups is 1. The predicted octanol–water partition coefficient (Wildman–Crippen LogP) is 3.65. The third-order valence-corrected chi connectivity index (χ3v) is 8.58. The molecule has 16 heteroatoms. The number of sulfone groups is 1. The zero-order valence-corrected chi connectivity index (χ0v) is 26.4. The molecule has 0 unspecified atom stereocenters. The average molecular weight is 672 g/mol. The van der Waals surface area contributed by atoms with E-state index in [1.54, 1.807) is 14.0 Å². The van der Waals surface area contributed by atoms with Gasteiger partial charge in [0.2, 0.25) is 0 Å². The van der Waals surface area contributed by atoms with E-state index < -0.39 is 51.4 Å². The minimum Gasteiger partial charge on any atom is -0.494 e. The molecule has 10 nitrogen and oxygen atoms in total. The van der Waals surface area contributed by atoms with Crippen molar-refractivity contribution < 1.29 is 44.6 Å². The maximum atomic E-state index is 15.2. The van der Waals surface area contributed by atoms with Crippen molar-refractivity contribution in [2.24, 2.45) is 5.92 Å². The first-order valence-electron chi connectivity index (χ1n) is 14.1. The molecule has 1 aliphatic heterocycles. The third-order valence-electron chi connectivity index (χ3n) is 7.46. The Bertz CT molecular complexity index is 1740. The molecule has 2 N–H and O–H groups in total. The van der Waals surface area contributed by atoms with Gasteiger partial charge in [0.1, 0.15) is 34.7 Å². The number of hydrogen-bond acceptors (Lipinski definition) is 8. The predicted molar refractivity (Wildman–Crippen MR) is 161 cm³/mol. The third kappa shape index (κ3) is 8.45. The number of nitrogens with zero attached hydrogens (tertiary/aromatic N) is 3. The highest BCUT2D eigenvalue weighted by Gasteiger charge is 2.36. The summed E-state index contributed by atoms with van der Waals surface area (Å²) >= 11 is 0. The van der Waals surface area contributed by atoms with E-state index in [1.165, 1.54) is 19.2 Å². The molecule has 1 aromatic heterocycles. The number of hydrogen-bond donors (Lipinski definition) is 2. The van der Waals surface area contributed by atoms with Crippen LogP contribution >= 0.6 is 0 Å². The Labute approximate surface area is 263 Å². The van der Waals surface area contributed by atoms with Crippen LogP contribution in [-0.2, 0) is 21.1 Å². The molecule has 0 bridgehead atoms. The van der Waals surface area contributed by atoms with Gasteiger partial charge in [0.25, 0.3) is 5.91 Å². The number of anilines is 1. The van der Waals surface area contributed by atoms with Crippen molar-refractivity contribution in [3.63, 3.8) is 0 Å². The van der Waals surface area contributed by atoms with E-state index in [0.29, 0.717) is 19.7 Å². The van der Waals surface area contributed by atoms with Crippen LogP contribution in [0.2, 0.25) is 0 Å². The van der Waals surface area contributed by atoms with Crippen LogP contribution in [0.4, 0.5) is 27.6 Å². The topological polar surface area (TPSA) is 115 Å². The number of imidazole rings is 1. The molecule has 1 amide bonds. The molecule has 4 rings (SSSR count). The zero-order chi connectivity index (χ0) is 33.8. The number of carbonyl (C=O) groups excluding carboxylic acids is 1. The monoisotopic (exact) mass is 671 g/mol. The smallest absolute Gasteiger partial charge is 0.406 e. The van der Waals surface area contributed by atoms with E-state index in [0.717, 1.165) is 29.3 Å². The Morgan fingerprint density at radius 3 is 2.54 bits per heavy atom. The van der Waals surface area contributed by atoms with Gasteiger partial charge in [-0.25, -0.2) is 22.2 Å². The fourth-order valence-corrected chi connectivity index (χ4v) is 6.06. The van der Waals surface area contributed by atoms with Gasteiger partial charge in [0, 0.05) is 44.6 Å². The van der Waals surface area contributed by atoms with Crippen LogP contribution in [0, 0.1) is 23.6 Å². The molecule has 1 aliphatic rings. The van der Waals surface area contributed by atoms with E-state index in [2.05, 4.69) is 27.5 Å². The lowest BCUT2D eigenvalue weighted by atomic mass is 9.92. The number of benzene rings is 2. The van der Waals surface area contributed by atoms with Crippen molar-refractivity contribution in [3.05, 3.63) is 47.5 Å². The first-order valence-corrected chi connectivity index (χ1v) is 16.0. The van der Waals surface area contributed by atoms with E-state index in [4.69, 9.17) is 9.47 Å². The highest BCUT2D eigenvalue weighted by atomic mass is 32.2. The van der Waals surface area contributed by atoms with Gasteiger partial charge in [0.05, 0.1) is 49.4 Å². The number of piperidine rings is 1. The molecule has 3 aromatic rings. The van der Waals surface area contributed by atoms with Gasteiger partial charge in [-0.3, -0.25) is 9.69 Å². The molecule has 0 spiro atoms. The number of ether oxygens (including phenoxy) is 2. The summed E-state index contributed by atoms with van der Waals surface area (Å²) in [6.07, 6.45) is -4.14. The quantitative estimate of drug-likeness (QED) is 0.248. The Balaban J connectivity index is 1.62. The van der Waals surface area contributed by atoms with Crippen LogP contribution in [0.25, 0.3) is 11.0 Å². The molecule has 2 aromatic carbocycles. The lowest BCUT2D eigenvalue weighted by Crippen LogP contribution is -2.57. The molecule has 1 saturated heterocycles. The summed E-state index contributed by atoms with van der Waals surface area (Å²) in [6.45, 7) is 1.87. The zero-order valence-electron chi connectivity index (χ0n) is 25.5. The Morgan fingerprint density at radius 2 is 1.91 bits per heavy atom. The minimum absolute atomic E-state index is 0.000496. The van der Waals surface area contributed by atoms with Gasteiger partial charge in [-0.2, -0.15) is 13.2 Å². The number of fused-ring (bicyclic) bond motifs is 1. The Hall–Kier alpha value is -3.94. The SMILES string of the molecule is COCCN1C[C@H](C)[C@@H](NC(=O)c2cc(C#CCNc3cc(S(C)(=O)=O)c(F)cc3OC)cc3c2ncn3CC(F)(F)F)[C@@H](F)C1. The number of alkyl halides is 4. The largest absolute Gasteiger partial charge is 0.494 e. The second-order valence-electron chi connectivity index (χ2n) is 11.0. The summed E-state index contributed by atoms with van der Waals surface area (Å²) in [7, 11) is -1.07. The molecule has 0 saturated carbocycles. The van der Waals surface area contributed by atoms with Crippen molar-refractivity contribution in [1.29, 1.82) is 0 Å². The number of nitrogens with one attached hydrogen (secondary N) is 2. The summed E-state index contributed by atoms with van der Waals surface area (Å²) in [5.41, 5.74) is 0.232. The van der Waals surface area contributed by atoms with Crippen molar-refractivity contribution >= 4 is 32.5 Å². The molecular formula is C30H34F5N5O5S. The maximum Gasteiger partial charge on any atom is 0.406 e. The summed E-state index contributed by atoms with van der Waals surface area (Å²) < 4.78 is 104. The standard InChI is InChI=1S/C30H34F5N5O5S/c1-18-14-39(8-9-44-2)15-22(32)27(18)38-29(41)20-10-19(11-24-28(20)37-17-40(24)16-30(33,34)35)6-5-7-36-23-13-26(46(4,42)43)21(31)12-25(23)45-3/h10-13,17-18,22,27,36H,7-9,14-16H2,1-4H3,(H,38,41)/t18-,22-,27+/m0/s1. The van der Waals surface area contributed by atoms with Gasteiger partial charge in [-0.1, -0.05) is 18.8 Å². The normalized spacial score (nSPS) is 19.0. The summed E-state index contributed by atoms with van der Waals surface area (Å²) in [5.74, 6) is 3.59. The average Bonchev–Trinajstić information content (AvgIpc) is 3.36. The number of halogens is 5.